The van der Waals surface area contributed by atoms with Crippen molar-refractivity contribution in [1.82, 2.24) is 14.7 Å². The molecule has 0 bridgehead atoms. The summed E-state index contributed by atoms with van der Waals surface area (Å²) in [6, 6.07) is 26.4. The number of para-hydroxylation sites is 1. The second-order valence-corrected chi connectivity index (χ2v) is 10.7. The van der Waals surface area contributed by atoms with Gasteiger partial charge in [0.1, 0.15) is 5.82 Å². The molecule has 3 N–H and O–H groups in total. The van der Waals surface area contributed by atoms with E-state index in [1.54, 1.807) is 24.3 Å². The molecule has 0 aliphatic rings. The van der Waals surface area contributed by atoms with E-state index in [2.05, 4.69) is 32.7 Å². The molecule has 38 heavy (non-hydrogen) atoms. The van der Waals surface area contributed by atoms with Gasteiger partial charge in [0.2, 0.25) is 16.0 Å². The number of rotatable bonds is 10. The van der Waals surface area contributed by atoms with E-state index in [9.17, 15) is 8.42 Å². The van der Waals surface area contributed by atoms with E-state index in [-0.39, 0.29) is 4.90 Å². The van der Waals surface area contributed by atoms with Crippen molar-refractivity contribution in [2.75, 3.05) is 36.8 Å². The summed E-state index contributed by atoms with van der Waals surface area (Å²) in [5.41, 5.74) is 7.49. The van der Waals surface area contributed by atoms with Gasteiger partial charge in [-0.1, -0.05) is 60.7 Å². The van der Waals surface area contributed by atoms with Crippen molar-refractivity contribution in [3.63, 3.8) is 0 Å². The lowest BCUT2D eigenvalue weighted by Gasteiger charge is -2.20. The Morgan fingerprint density at radius 1 is 0.895 bits per heavy atom. The fraction of sp³-hybridized carbons (Fsp3) is 0.179. The van der Waals surface area contributed by atoms with E-state index < -0.39 is 10.0 Å². The zero-order chi connectivity index (χ0) is 27.1. The Balaban J connectivity index is 1.71. The molecule has 0 radical (unpaired) electrons. The number of aromatic nitrogens is 2. The summed E-state index contributed by atoms with van der Waals surface area (Å²) in [6.07, 6.45) is 0.605. The van der Waals surface area contributed by atoms with Crippen molar-refractivity contribution in [1.29, 1.82) is 0 Å². The van der Waals surface area contributed by atoms with Gasteiger partial charge in [-0.2, -0.15) is 15.1 Å². The molecule has 0 atom stereocenters. The van der Waals surface area contributed by atoms with E-state index in [0.29, 0.717) is 23.9 Å². The van der Waals surface area contributed by atoms with Gasteiger partial charge < -0.3 is 10.2 Å². The van der Waals surface area contributed by atoms with Gasteiger partial charge in [0, 0.05) is 31.8 Å². The van der Waals surface area contributed by atoms with Crippen LogP contribution in [0.3, 0.4) is 0 Å². The molecule has 0 saturated heterocycles. The van der Waals surface area contributed by atoms with Crippen LogP contribution in [-0.2, 0) is 16.4 Å². The van der Waals surface area contributed by atoms with Crippen molar-refractivity contribution in [3.05, 3.63) is 102 Å². The zero-order valence-electron chi connectivity index (χ0n) is 21.8. The minimum Gasteiger partial charge on any atom is -0.362 e. The summed E-state index contributed by atoms with van der Waals surface area (Å²) in [7, 11) is 1.77. The number of sulfonamides is 1. The molecule has 0 amide bonds. The number of hydrazone groups is 1. The SMILES string of the molecule is CNS(=O)(=O)c1ccc(C(C)=NNc2nc(Nc3ccccc3)nc(N(C)C)c2Cc2ccccc2)cc1. The Labute approximate surface area is 223 Å². The highest BCUT2D eigenvalue weighted by Gasteiger charge is 2.17. The smallest absolute Gasteiger partial charge is 0.240 e. The topological polar surface area (TPSA) is 112 Å². The molecule has 4 aromatic rings. The summed E-state index contributed by atoms with van der Waals surface area (Å²) >= 11 is 0. The maximum atomic E-state index is 12.1. The van der Waals surface area contributed by atoms with Crippen LogP contribution in [0.25, 0.3) is 0 Å². The second-order valence-electron chi connectivity index (χ2n) is 8.79. The van der Waals surface area contributed by atoms with Crippen molar-refractivity contribution in [2.45, 2.75) is 18.2 Å². The molecule has 0 spiro atoms. The molecular formula is C28H31N7O2S. The van der Waals surface area contributed by atoms with Gasteiger partial charge >= 0.3 is 0 Å². The first-order valence-electron chi connectivity index (χ1n) is 12.1. The van der Waals surface area contributed by atoms with Crippen LogP contribution in [0.4, 0.5) is 23.3 Å². The highest BCUT2D eigenvalue weighted by molar-refractivity contribution is 7.89. The van der Waals surface area contributed by atoms with Gasteiger partial charge in [0.05, 0.1) is 10.6 Å². The first-order chi connectivity index (χ1) is 18.3. The maximum absolute atomic E-state index is 12.1. The van der Waals surface area contributed by atoms with Gasteiger partial charge in [-0.25, -0.2) is 13.1 Å². The summed E-state index contributed by atoms with van der Waals surface area (Å²) in [5.74, 6) is 1.77. The highest BCUT2D eigenvalue weighted by Crippen LogP contribution is 2.29. The van der Waals surface area contributed by atoms with Gasteiger partial charge in [-0.3, -0.25) is 5.43 Å². The summed E-state index contributed by atoms with van der Waals surface area (Å²) in [6.45, 7) is 1.85. The first-order valence-corrected chi connectivity index (χ1v) is 13.5. The largest absolute Gasteiger partial charge is 0.362 e. The number of hydrogen-bond acceptors (Lipinski definition) is 8. The van der Waals surface area contributed by atoms with Crippen molar-refractivity contribution in [2.24, 2.45) is 5.10 Å². The lowest BCUT2D eigenvalue weighted by atomic mass is 10.1. The molecule has 10 heteroatoms. The van der Waals surface area contributed by atoms with Crippen LogP contribution < -0.4 is 20.4 Å². The van der Waals surface area contributed by atoms with E-state index in [1.165, 1.54) is 7.05 Å². The molecule has 0 aliphatic carbocycles. The van der Waals surface area contributed by atoms with E-state index in [4.69, 9.17) is 9.97 Å². The monoisotopic (exact) mass is 529 g/mol. The number of nitrogens with one attached hydrogen (secondary N) is 3. The lowest BCUT2D eigenvalue weighted by molar-refractivity contribution is 0.588. The quantitative estimate of drug-likeness (QED) is 0.203. The number of nitrogens with zero attached hydrogens (tertiary/aromatic N) is 4. The predicted octanol–water partition coefficient (Wildman–Crippen LogP) is 4.62. The molecule has 1 heterocycles. The van der Waals surface area contributed by atoms with Crippen LogP contribution in [0.15, 0.2) is 94.9 Å². The minimum atomic E-state index is -3.51. The minimum absolute atomic E-state index is 0.192. The average Bonchev–Trinajstić information content (AvgIpc) is 2.93. The Hall–Kier alpha value is -4.28. The van der Waals surface area contributed by atoms with Crippen LogP contribution in [0.1, 0.15) is 23.6 Å². The molecule has 3 aromatic carbocycles. The van der Waals surface area contributed by atoms with Crippen LogP contribution in [0, 0.1) is 0 Å². The van der Waals surface area contributed by atoms with Crippen molar-refractivity contribution >= 4 is 39.0 Å². The standard InChI is InChI=1S/C28H31N7O2S/c1-20(22-15-17-24(18-16-22)38(36,37)29-2)33-34-26-25(19-21-11-7-5-8-12-21)27(35(3)4)32-28(31-26)30-23-13-9-6-10-14-23/h5-18,29H,19H2,1-4H3,(H2,30,31,32,34). The number of hydrogen-bond donors (Lipinski definition) is 3. The molecule has 0 saturated carbocycles. The molecule has 0 fully saturated rings. The summed E-state index contributed by atoms with van der Waals surface area (Å²) in [5, 5.41) is 7.87. The van der Waals surface area contributed by atoms with E-state index in [0.717, 1.165) is 28.2 Å². The Kier molecular flexibility index (Phi) is 8.35. The van der Waals surface area contributed by atoms with Gasteiger partial charge in [-0.05, 0) is 49.4 Å². The molecule has 4 rings (SSSR count). The van der Waals surface area contributed by atoms with E-state index in [1.807, 2.05) is 74.4 Å². The third-order valence-corrected chi connectivity index (χ3v) is 7.27. The predicted molar refractivity (Wildman–Crippen MR) is 154 cm³/mol. The summed E-state index contributed by atoms with van der Waals surface area (Å²) in [4.78, 5) is 11.7. The zero-order valence-corrected chi connectivity index (χ0v) is 22.6. The third-order valence-electron chi connectivity index (χ3n) is 5.84. The molecule has 9 nitrogen and oxygen atoms in total. The summed E-state index contributed by atoms with van der Waals surface area (Å²) < 4.78 is 26.4. The first kappa shape index (κ1) is 26.8. The van der Waals surface area contributed by atoms with Crippen LogP contribution in [0.5, 0.6) is 0 Å². The highest BCUT2D eigenvalue weighted by atomic mass is 32.2. The molecule has 196 valence electrons. The van der Waals surface area contributed by atoms with Crippen LogP contribution in [0.2, 0.25) is 0 Å². The van der Waals surface area contributed by atoms with Gasteiger partial charge in [0.25, 0.3) is 0 Å². The van der Waals surface area contributed by atoms with Gasteiger partial charge in [-0.15, -0.1) is 0 Å². The van der Waals surface area contributed by atoms with Crippen LogP contribution >= 0.6 is 0 Å². The maximum Gasteiger partial charge on any atom is 0.240 e. The molecule has 0 aliphatic heterocycles. The molecule has 1 aromatic heterocycles. The van der Waals surface area contributed by atoms with E-state index >= 15 is 0 Å². The Morgan fingerprint density at radius 2 is 1.53 bits per heavy atom. The van der Waals surface area contributed by atoms with Gasteiger partial charge in [0.15, 0.2) is 5.82 Å². The number of benzene rings is 3. The Bertz CT molecular complexity index is 1510. The average molecular weight is 530 g/mol. The third kappa shape index (κ3) is 6.53. The molecule has 0 unspecified atom stereocenters. The van der Waals surface area contributed by atoms with Crippen molar-refractivity contribution in [3.8, 4) is 0 Å². The Morgan fingerprint density at radius 3 is 2.13 bits per heavy atom. The second kappa shape index (κ2) is 11.8. The fourth-order valence-corrected chi connectivity index (χ4v) is 4.53. The normalized spacial score (nSPS) is 11.7. The van der Waals surface area contributed by atoms with Crippen LogP contribution in [-0.4, -0.2) is 45.2 Å². The molecular weight excluding hydrogens is 498 g/mol. The number of anilines is 4. The lowest BCUT2D eigenvalue weighted by Crippen LogP contribution is -2.18. The van der Waals surface area contributed by atoms with Crippen molar-refractivity contribution < 1.29 is 8.42 Å². The fourth-order valence-electron chi connectivity index (χ4n) is 3.80.